The van der Waals surface area contributed by atoms with Gasteiger partial charge in [-0.2, -0.15) is 0 Å². The highest BCUT2D eigenvalue weighted by Gasteiger charge is 2.38. The standard InChI is InChI=1S/C16H19N3/c1-9-12-7-13-15(8-14(12)18-11(3)17-9)19(6)10(2)16(13,4)5/h7-8H,1-2H2,3-6H3,(H,17,18). The summed E-state index contributed by atoms with van der Waals surface area (Å²) < 4.78 is 0. The number of hydrogen-bond acceptors (Lipinski definition) is 3. The molecule has 3 nitrogen and oxygen atoms in total. The molecule has 19 heavy (non-hydrogen) atoms. The molecular formula is C16H19N3. The lowest BCUT2D eigenvalue weighted by atomic mass is 9.83. The summed E-state index contributed by atoms with van der Waals surface area (Å²) in [5, 5.41) is 3.20. The molecule has 3 rings (SSSR count). The van der Waals surface area contributed by atoms with Gasteiger partial charge >= 0.3 is 0 Å². The molecule has 3 heteroatoms. The molecule has 0 saturated carbocycles. The minimum absolute atomic E-state index is 0.0460. The number of benzene rings is 1. The average Bonchev–Trinajstić information content (AvgIpc) is 2.49. The first-order valence-electron chi connectivity index (χ1n) is 6.45. The van der Waals surface area contributed by atoms with E-state index >= 15 is 0 Å². The van der Waals surface area contributed by atoms with Crippen molar-refractivity contribution in [2.24, 2.45) is 4.99 Å². The van der Waals surface area contributed by atoms with E-state index in [2.05, 4.69) is 61.4 Å². The number of amidine groups is 1. The molecule has 98 valence electrons. The molecule has 0 fully saturated rings. The van der Waals surface area contributed by atoms with Crippen molar-refractivity contribution in [2.75, 3.05) is 11.9 Å². The van der Waals surface area contributed by atoms with Crippen LogP contribution in [0.5, 0.6) is 0 Å². The van der Waals surface area contributed by atoms with Crippen molar-refractivity contribution < 1.29 is 0 Å². The minimum Gasteiger partial charge on any atom is -0.348 e. The third-order valence-corrected chi connectivity index (χ3v) is 4.22. The number of anilines is 1. The van der Waals surface area contributed by atoms with E-state index in [0.717, 1.165) is 28.5 Å². The molecule has 0 radical (unpaired) electrons. The van der Waals surface area contributed by atoms with Crippen LogP contribution < -0.4 is 10.2 Å². The molecule has 0 aliphatic carbocycles. The summed E-state index contributed by atoms with van der Waals surface area (Å²) in [4.78, 5) is 6.73. The second-order valence-corrected chi connectivity index (χ2v) is 5.82. The number of hydrogen-bond donors (Lipinski definition) is 1. The van der Waals surface area contributed by atoms with Crippen LogP contribution in [0, 0.1) is 0 Å². The molecule has 2 aliphatic rings. The maximum absolute atomic E-state index is 4.57. The van der Waals surface area contributed by atoms with Gasteiger partial charge in [-0.3, -0.25) is 0 Å². The van der Waals surface area contributed by atoms with Crippen LogP contribution in [-0.4, -0.2) is 12.9 Å². The Bertz CT molecular complexity index is 650. The zero-order valence-corrected chi connectivity index (χ0v) is 12.0. The number of rotatable bonds is 0. The second-order valence-electron chi connectivity index (χ2n) is 5.82. The zero-order chi connectivity index (χ0) is 13.9. The average molecular weight is 253 g/mol. The molecule has 0 amide bonds. The second kappa shape index (κ2) is 3.50. The fourth-order valence-electron chi connectivity index (χ4n) is 2.90. The molecule has 1 aromatic rings. The summed E-state index contributed by atoms with van der Waals surface area (Å²) in [5.41, 5.74) is 6.54. The molecular weight excluding hydrogens is 234 g/mol. The van der Waals surface area contributed by atoms with Gasteiger partial charge in [0, 0.05) is 35.1 Å². The van der Waals surface area contributed by atoms with Gasteiger partial charge in [-0.05, 0) is 24.6 Å². The van der Waals surface area contributed by atoms with Gasteiger partial charge in [0.15, 0.2) is 0 Å². The summed E-state index contributed by atoms with van der Waals surface area (Å²) in [6.07, 6.45) is 0. The Balaban J connectivity index is 2.29. The van der Waals surface area contributed by atoms with Crippen LogP contribution in [0.3, 0.4) is 0 Å². The highest BCUT2D eigenvalue weighted by molar-refractivity contribution is 5.97. The third kappa shape index (κ3) is 1.47. The van der Waals surface area contributed by atoms with Crippen molar-refractivity contribution in [1.29, 1.82) is 0 Å². The topological polar surface area (TPSA) is 27.6 Å². The highest BCUT2D eigenvalue weighted by Crippen LogP contribution is 2.49. The monoisotopic (exact) mass is 253 g/mol. The predicted molar refractivity (Wildman–Crippen MR) is 81.9 cm³/mol. The first-order chi connectivity index (χ1) is 8.82. The predicted octanol–water partition coefficient (Wildman–Crippen LogP) is 3.55. The molecule has 0 unspecified atom stereocenters. The van der Waals surface area contributed by atoms with Crippen molar-refractivity contribution in [3.05, 3.63) is 42.1 Å². The molecule has 0 aromatic heterocycles. The van der Waals surface area contributed by atoms with Crippen molar-refractivity contribution in [2.45, 2.75) is 26.2 Å². The van der Waals surface area contributed by atoms with Crippen molar-refractivity contribution in [3.63, 3.8) is 0 Å². The van der Waals surface area contributed by atoms with E-state index in [-0.39, 0.29) is 5.41 Å². The highest BCUT2D eigenvalue weighted by atomic mass is 15.2. The van der Waals surface area contributed by atoms with Gasteiger partial charge in [0.25, 0.3) is 0 Å². The SMILES string of the molecule is C=C1NC(C)=Nc2cc3c(cc21)C(C)(C)C(=C)N3C. The lowest BCUT2D eigenvalue weighted by Crippen LogP contribution is -2.22. The largest absolute Gasteiger partial charge is 0.348 e. The lowest BCUT2D eigenvalue weighted by Gasteiger charge is -2.23. The van der Waals surface area contributed by atoms with Gasteiger partial charge in [0.1, 0.15) is 5.84 Å². The van der Waals surface area contributed by atoms with Gasteiger partial charge in [0.05, 0.1) is 5.69 Å². The lowest BCUT2D eigenvalue weighted by molar-refractivity contribution is 0.643. The van der Waals surface area contributed by atoms with Crippen LogP contribution in [0.25, 0.3) is 5.70 Å². The van der Waals surface area contributed by atoms with Gasteiger partial charge in [-0.1, -0.05) is 27.0 Å². The molecule has 1 N–H and O–H groups in total. The van der Waals surface area contributed by atoms with Crippen molar-refractivity contribution in [3.8, 4) is 0 Å². The smallest absolute Gasteiger partial charge is 0.103 e. The normalized spacial score (nSPS) is 19.8. The number of nitrogens with one attached hydrogen (secondary N) is 1. The van der Waals surface area contributed by atoms with Gasteiger partial charge in [-0.15, -0.1) is 0 Å². The first kappa shape index (κ1) is 12.0. The van der Waals surface area contributed by atoms with Gasteiger partial charge in [0.2, 0.25) is 0 Å². The van der Waals surface area contributed by atoms with Crippen LogP contribution >= 0.6 is 0 Å². The Morgan fingerprint density at radius 2 is 1.95 bits per heavy atom. The van der Waals surface area contributed by atoms with Crippen LogP contribution in [0.4, 0.5) is 11.4 Å². The maximum Gasteiger partial charge on any atom is 0.103 e. The first-order valence-corrected chi connectivity index (χ1v) is 6.45. The zero-order valence-electron chi connectivity index (χ0n) is 12.0. The Morgan fingerprint density at radius 3 is 2.63 bits per heavy atom. The van der Waals surface area contributed by atoms with Crippen molar-refractivity contribution >= 4 is 22.9 Å². The molecule has 0 atom stereocenters. The van der Waals surface area contributed by atoms with E-state index < -0.39 is 0 Å². The van der Waals surface area contributed by atoms with Crippen molar-refractivity contribution in [1.82, 2.24) is 5.32 Å². The van der Waals surface area contributed by atoms with E-state index in [1.54, 1.807) is 0 Å². The molecule has 2 heterocycles. The summed E-state index contributed by atoms with van der Waals surface area (Å²) >= 11 is 0. The van der Waals surface area contributed by atoms with Crippen LogP contribution in [0.1, 0.15) is 31.9 Å². The fraction of sp³-hybridized carbons (Fsp3) is 0.312. The molecule has 0 spiro atoms. The Hall–Kier alpha value is -2.03. The number of nitrogens with zero attached hydrogens (tertiary/aromatic N) is 2. The Morgan fingerprint density at radius 1 is 1.26 bits per heavy atom. The number of fused-ring (bicyclic) bond motifs is 2. The van der Waals surface area contributed by atoms with Crippen LogP contribution in [0.15, 0.2) is 36.0 Å². The minimum atomic E-state index is -0.0460. The van der Waals surface area contributed by atoms with Crippen LogP contribution in [-0.2, 0) is 5.41 Å². The third-order valence-electron chi connectivity index (χ3n) is 4.22. The summed E-state index contributed by atoms with van der Waals surface area (Å²) in [5.74, 6) is 0.885. The molecule has 0 saturated heterocycles. The summed E-state index contributed by atoms with van der Waals surface area (Å²) in [6.45, 7) is 14.7. The number of allylic oxidation sites excluding steroid dienone is 1. The van der Waals surface area contributed by atoms with Crippen LogP contribution in [0.2, 0.25) is 0 Å². The van der Waals surface area contributed by atoms with E-state index in [4.69, 9.17) is 0 Å². The van der Waals surface area contributed by atoms with Gasteiger partial charge in [-0.25, -0.2) is 4.99 Å². The maximum atomic E-state index is 4.57. The molecule has 2 aliphatic heterocycles. The number of aliphatic imine (C=N–C) groups is 1. The summed E-state index contributed by atoms with van der Waals surface area (Å²) in [6, 6.07) is 4.34. The quantitative estimate of drug-likeness (QED) is 0.765. The fourth-order valence-corrected chi connectivity index (χ4v) is 2.90. The van der Waals surface area contributed by atoms with E-state index in [1.807, 2.05) is 6.92 Å². The Kier molecular flexibility index (Phi) is 2.22. The Labute approximate surface area is 114 Å². The summed E-state index contributed by atoms with van der Waals surface area (Å²) in [7, 11) is 2.06. The van der Waals surface area contributed by atoms with E-state index in [0.29, 0.717) is 0 Å². The number of likely N-dealkylation sites (N-methyl/N-ethyl adjacent to an activating group) is 1. The molecule has 1 aromatic carbocycles. The molecule has 0 bridgehead atoms. The van der Waals surface area contributed by atoms with E-state index in [1.165, 1.54) is 11.3 Å². The van der Waals surface area contributed by atoms with E-state index in [9.17, 15) is 0 Å². The van der Waals surface area contributed by atoms with Gasteiger partial charge < -0.3 is 10.2 Å².